The highest BCUT2D eigenvalue weighted by molar-refractivity contribution is 7.91. The van der Waals surface area contributed by atoms with Crippen molar-refractivity contribution in [2.45, 2.75) is 36.0 Å². The van der Waals surface area contributed by atoms with Crippen molar-refractivity contribution in [1.82, 2.24) is 0 Å². The van der Waals surface area contributed by atoms with Gasteiger partial charge in [-0.05, 0) is 55.8 Å². The number of halogens is 1. The number of fused-ring (bicyclic) bond motifs is 1. The lowest BCUT2D eigenvalue weighted by Gasteiger charge is -2.24. The fourth-order valence-electron chi connectivity index (χ4n) is 3.70. The van der Waals surface area contributed by atoms with Gasteiger partial charge in [-0.1, -0.05) is 17.7 Å². The van der Waals surface area contributed by atoms with Gasteiger partial charge in [-0.2, -0.15) is 0 Å². The molecular formula is C23H22ClNO5S2. The molecule has 0 spiro atoms. The van der Waals surface area contributed by atoms with Gasteiger partial charge in [-0.3, -0.25) is 4.79 Å². The van der Waals surface area contributed by atoms with Crippen LogP contribution in [0.15, 0.2) is 57.6 Å². The van der Waals surface area contributed by atoms with Gasteiger partial charge in [0.1, 0.15) is 4.90 Å². The summed E-state index contributed by atoms with van der Waals surface area (Å²) < 4.78 is 37.9. The van der Waals surface area contributed by atoms with Gasteiger partial charge in [0.15, 0.2) is 11.5 Å². The minimum absolute atomic E-state index is 0.0915. The van der Waals surface area contributed by atoms with E-state index in [2.05, 4.69) is 5.32 Å². The number of hydrogen-bond donors (Lipinski definition) is 1. The van der Waals surface area contributed by atoms with E-state index in [1.165, 1.54) is 35.6 Å². The Kier molecular flexibility index (Phi) is 6.46. The van der Waals surface area contributed by atoms with E-state index >= 15 is 0 Å². The third kappa shape index (κ3) is 4.22. The van der Waals surface area contributed by atoms with Crippen molar-refractivity contribution in [2.75, 3.05) is 18.5 Å². The number of amides is 1. The summed E-state index contributed by atoms with van der Waals surface area (Å²) in [5.41, 5.74) is 1.21. The predicted molar refractivity (Wildman–Crippen MR) is 125 cm³/mol. The average Bonchev–Trinajstić information content (AvgIpc) is 3.19. The Balaban J connectivity index is 1.77. The van der Waals surface area contributed by atoms with Gasteiger partial charge in [0.05, 0.1) is 23.8 Å². The standard InChI is InChI=1S/C23H22ClNO5S2/c1-3-29-18-10-5-14(11-19(18)30-4-2)17-12-21(26)25-22-20(13-31-23(17)22)32(27,28)16-8-6-15(24)7-9-16/h5-11,13,17H,3-4,12H2,1-2H3,(H,25,26)/t17-/m1/s1. The Morgan fingerprint density at radius 1 is 1.06 bits per heavy atom. The molecule has 1 aromatic heterocycles. The molecule has 1 aliphatic heterocycles. The zero-order valence-electron chi connectivity index (χ0n) is 17.6. The van der Waals surface area contributed by atoms with Crippen LogP contribution in [0.4, 0.5) is 5.69 Å². The minimum atomic E-state index is -3.82. The Morgan fingerprint density at radius 3 is 2.44 bits per heavy atom. The van der Waals surface area contributed by atoms with E-state index in [1.54, 1.807) is 5.38 Å². The Bertz CT molecular complexity index is 1250. The van der Waals surface area contributed by atoms with E-state index < -0.39 is 9.84 Å². The van der Waals surface area contributed by atoms with Crippen LogP contribution in [0.3, 0.4) is 0 Å². The molecule has 0 bridgehead atoms. The largest absolute Gasteiger partial charge is 0.490 e. The fraction of sp³-hybridized carbons (Fsp3) is 0.261. The summed E-state index contributed by atoms with van der Waals surface area (Å²) in [5.74, 6) is 0.716. The summed E-state index contributed by atoms with van der Waals surface area (Å²) in [4.78, 5) is 13.6. The lowest BCUT2D eigenvalue weighted by Crippen LogP contribution is -2.23. The molecule has 2 heterocycles. The van der Waals surface area contributed by atoms with Gasteiger partial charge in [0.2, 0.25) is 15.7 Å². The number of hydrogen-bond acceptors (Lipinski definition) is 6. The SMILES string of the molecule is CCOc1ccc([C@H]2CC(=O)Nc3c(S(=O)(=O)c4ccc(Cl)cc4)csc32)cc1OCC. The first-order valence-corrected chi connectivity index (χ1v) is 12.9. The van der Waals surface area contributed by atoms with Crippen LogP contribution in [-0.2, 0) is 14.6 Å². The van der Waals surface area contributed by atoms with Crippen LogP contribution in [0.2, 0.25) is 5.02 Å². The van der Waals surface area contributed by atoms with Crippen molar-refractivity contribution in [2.24, 2.45) is 0 Å². The Morgan fingerprint density at radius 2 is 1.75 bits per heavy atom. The van der Waals surface area contributed by atoms with E-state index in [0.717, 1.165) is 10.4 Å². The molecule has 9 heteroatoms. The highest BCUT2D eigenvalue weighted by atomic mass is 35.5. The second kappa shape index (κ2) is 9.13. The molecule has 3 aromatic rings. The number of benzene rings is 2. The van der Waals surface area contributed by atoms with Crippen molar-refractivity contribution < 1.29 is 22.7 Å². The molecule has 2 aromatic carbocycles. The van der Waals surface area contributed by atoms with Gasteiger partial charge in [0.25, 0.3) is 0 Å². The molecule has 1 aliphatic rings. The molecule has 1 N–H and O–H groups in total. The number of carbonyl (C=O) groups is 1. The molecule has 0 radical (unpaired) electrons. The third-order valence-corrected chi connectivity index (χ3v) is 8.43. The lowest BCUT2D eigenvalue weighted by molar-refractivity contribution is -0.116. The molecule has 0 saturated carbocycles. The topological polar surface area (TPSA) is 81.7 Å². The normalized spacial score (nSPS) is 15.7. The summed E-state index contributed by atoms with van der Waals surface area (Å²) >= 11 is 7.23. The van der Waals surface area contributed by atoms with Gasteiger partial charge in [-0.25, -0.2) is 8.42 Å². The highest BCUT2D eigenvalue weighted by Gasteiger charge is 2.34. The molecule has 0 fully saturated rings. The van der Waals surface area contributed by atoms with Crippen molar-refractivity contribution in [3.05, 3.63) is 63.3 Å². The molecule has 1 atom stereocenters. The van der Waals surface area contributed by atoms with E-state index in [1.807, 2.05) is 32.0 Å². The second-order valence-corrected chi connectivity index (χ2v) is 10.4. The third-order valence-electron chi connectivity index (χ3n) is 5.14. The number of sulfone groups is 1. The summed E-state index contributed by atoms with van der Waals surface area (Å²) in [6.45, 7) is 4.77. The Hall–Kier alpha value is -2.55. The van der Waals surface area contributed by atoms with E-state index in [0.29, 0.717) is 35.4 Å². The monoisotopic (exact) mass is 491 g/mol. The molecule has 4 rings (SSSR count). The second-order valence-electron chi connectivity index (χ2n) is 7.17. The summed E-state index contributed by atoms with van der Waals surface area (Å²) in [5, 5.41) is 4.82. The molecule has 168 valence electrons. The van der Waals surface area contributed by atoms with Crippen molar-refractivity contribution in [3.63, 3.8) is 0 Å². The van der Waals surface area contributed by atoms with Gasteiger partial charge < -0.3 is 14.8 Å². The summed E-state index contributed by atoms with van der Waals surface area (Å²) in [6.07, 6.45) is 0.216. The van der Waals surface area contributed by atoms with Crippen molar-refractivity contribution in [1.29, 1.82) is 0 Å². The molecule has 0 saturated heterocycles. The maximum atomic E-state index is 13.3. The Labute approximate surface area is 196 Å². The van der Waals surface area contributed by atoms with Gasteiger partial charge >= 0.3 is 0 Å². The highest BCUT2D eigenvalue weighted by Crippen LogP contribution is 2.47. The molecule has 32 heavy (non-hydrogen) atoms. The van der Waals surface area contributed by atoms with Crippen LogP contribution in [0.25, 0.3) is 0 Å². The first kappa shape index (κ1) is 22.6. The summed E-state index contributed by atoms with van der Waals surface area (Å²) in [6, 6.07) is 11.6. The van der Waals surface area contributed by atoms with E-state index in [4.69, 9.17) is 21.1 Å². The van der Waals surface area contributed by atoms with Crippen molar-refractivity contribution in [3.8, 4) is 11.5 Å². The smallest absolute Gasteiger partial charge is 0.225 e. The number of ether oxygens (including phenoxy) is 2. The minimum Gasteiger partial charge on any atom is -0.490 e. The van der Waals surface area contributed by atoms with Crippen LogP contribution in [0.1, 0.15) is 36.6 Å². The van der Waals surface area contributed by atoms with Crippen LogP contribution in [0.5, 0.6) is 11.5 Å². The fourth-order valence-corrected chi connectivity index (χ4v) is 6.73. The zero-order valence-corrected chi connectivity index (χ0v) is 19.9. The van der Waals surface area contributed by atoms with Crippen LogP contribution < -0.4 is 14.8 Å². The molecule has 1 amide bonds. The number of anilines is 1. The first-order chi connectivity index (χ1) is 15.3. The number of nitrogens with one attached hydrogen (secondary N) is 1. The van der Waals surface area contributed by atoms with Crippen LogP contribution in [-0.4, -0.2) is 27.5 Å². The first-order valence-electron chi connectivity index (χ1n) is 10.2. The molecule has 0 aliphatic carbocycles. The maximum absolute atomic E-state index is 13.3. The van der Waals surface area contributed by atoms with Crippen LogP contribution in [0, 0.1) is 0 Å². The van der Waals surface area contributed by atoms with E-state index in [-0.39, 0.29) is 28.0 Å². The quantitative estimate of drug-likeness (QED) is 0.471. The number of carbonyl (C=O) groups excluding carboxylic acids is 1. The lowest BCUT2D eigenvalue weighted by atomic mass is 9.90. The van der Waals surface area contributed by atoms with Crippen molar-refractivity contribution >= 4 is 44.4 Å². The number of rotatable bonds is 7. The maximum Gasteiger partial charge on any atom is 0.225 e. The average molecular weight is 492 g/mol. The van der Waals surface area contributed by atoms with Gasteiger partial charge in [0, 0.05) is 27.6 Å². The number of thiophene rings is 1. The predicted octanol–water partition coefficient (Wildman–Crippen LogP) is 5.51. The molecule has 6 nitrogen and oxygen atoms in total. The molecule has 0 unspecified atom stereocenters. The molecular weight excluding hydrogens is 470 g/mol. The van der Waals surface area contributed by atoms with Gasteiger partial charge in [-0.15, -0.1) is 11.3 Å². The zero-order chi connectivity index (χ0) is 22.9. The summed E-state index contributed by atoms with van der Waals surface area (Å²) in [7, 11) is -3.82. The van der Waals surface area contributed by atoms with E-state index in [9.17, 15) is 13.2 Å². The van der Waals surface area contributed by atoms with Crippen LogP contribution >= 0.6 is 22.9 Å².